The number of aryl methyl sites for hydroxylation is 2. The first-order valence-electron chi connectivity index (χ1n) is 14.8. The Bertz CT molecular complexity index is 1830. The fourth-order valence-corrected chi connectivity index (χ4v) is 6.27. The van der Waals surface area contributed by atoms with Gasteiger partial charge in [-0.1, -0.05) is 79.9 Å². The van der Waals surface area contributed by atoms with Gasteiger partial charge in [0, 0.05) is 48.3 Å². The van der Waals surface area contributed by atoms with Crippen LogP contribution in [0.1, 0.15) is 40.9 Å². The lowest BCUT2D eigenvalue weighted by Crippen LogP contribution is -2.05. The van der Waals surface area contributed by atoms with Gasteiger partial charge in [0.25, 0.3) is 0 Å². The number of halogens is 3. The molecular weight excluding hydrogens is 718 g/mol. The Morgan fingerprint density at radius 3 is 1.84 bits per heavy atom. The highest BCUT2D eigenvalue weighted by Gasteiger charge is 2.21. The molecule has 0 radical (unpaired) electrons. The van der Waals surface area contributed by atoms with Gasteiger partial charge in [-0.25, -0.2) is 19.9 Å². The fourth-order valence-electron chi connectivity index (χ4n) is 5.46. The van der Waals surface area contributed by atoms with Crippen molar-refractivity contribution >= 4 is 60.9 Å². The predicted octanol–water partition coefficient (Wildman–Crippen LogP) is 8.90. The number of anilines is 2. The minimum atomic E-state index is -0.242. The van der Waals surface area contributed by atoms with E-state index < -0.39 is 0 Å². The van der Waals surface area contributed by atoms with Crippen LogP contribution in [0, 0.1) is 0 Å². The quantitative estimate of drug-likeness (QED) is 0.137. The summed E-state index contributed by atoms with van der Waals surface area (Å²) in [6, 6.07) is 23.8. The minimum absolute atomic E-state index is 0.242. The molecule has 0 saturated carbocycles. The summed E-state index contributed by atoms with van der Waals surface area (Å²) in [5, 5.41) is 4.06. The van der Waals surface area contributed by atoms with Gasteiger partial charge in [-0.2, -0.15) is 0 Å². The molecule has 7 nitrogen and oxygen atoms in total. The topological polar surface area (TPSA) is 89.9 Å². The largest absolute Gasteiger partial charge is 0.469 e. The number of fused-ring (bicyclic) bond motifs is 2. The van der Waals surface area contributed by atoms with Crippen LogP contribution >= 0.6 is 43.5 Å². The molecule has 10 heteroatoms. The number of methoxy groups -OCH3 is 1. The van der Waals surface area contributed by atoms with Crippen molar-refractivity contribution in [1.29, 1.82) is 0 Å². The SMILES string of the molecule is COC(=O)Cc1ccc(Nc2nc(-c3ccc(Br)cc3)nc3c2CCC3)cc1.Clc1nc(-c2ccc(Br)cc2)nc2c1CCC2. The molecule has 7 rings (SSSR count). The maximum atomic E-state index is 11.4. The van der Waals surface area contributed by atoms with Crippen LogP contribution < -0.4 is 5.32 Å². The van der Waals surface area contributed by atoms with E-state index in [2.05, 4.69) is 47.1 Å². The average Bonchev–Trinajstić information content (AvgIpc) is 3.73. The molecule has 5 aromatic rings. The van der Waals surface area contributed by atoms with Gasteiger partial charge in [-0.15, -0.1) is 0 Å². The van der Waals surface area contributed by atoms with Gasteiger partial charge in [0.05, 0.1) is 13.5 Å². The number of hydrogen-bond acceptors (Lipinski definition) is 7. The molecule has 2 heterocycles. The molecule has 2 aromatic heterocycles. The summed E-state index contributed by atoms with van der Waals surface area (Å²) in [5.41, 5.74) is 8.41. The number of nitrogens with one attached hydrogen (secondary N) is 1. The molecular formula is C35H30Br2ClN5O2. The number of hydrogen-bond donors (Lipinski definition) is 1. The Balaban J connectivity index is 0.000000179. The standard InChI is InChI=1S/C22H20BrN3O2.C13H10BrClN2/c1-28-20(27)13-14-5-11-17(12-6-14)24-22-18-3-2-4-19(18)25-21(26-22)15-7-9-16(23)10-8-15;14-9-6-4-8(5-7-9)13-16-11-3-1-2-10(11)12(15)17-13/h5-12H,2-4,13H2,1H3,(H,24,25,26);4-7H,1-3H2. The summed E-state index contributed by atoms with van der Waals surface area (Å²) >= 11 is 13.1. The second kappa shape index (κ2) is 14.2. The number of esters is 1. The third kappa shape index (κ3) is 7.60. The zero-order valence-corrected chi connectivity index (χ0v) is 28.5. The first-order valence-corrected chi connectivity index (χ1v) is 16.7. The van der Waals surface area contributed by atoms with Gasteiger partial charge in [-0.05, 0) is 80.5 Å². The molecule has 0 amide bonds. The van der Waals surface area contributed by atoms with Crippen molar-refractivity contribution in [3.05, 3.63) is 115 Å². The van der Waals surface area contributed by atoms with Crippen LogP contribution in [0.25, 0.3) is 22.8 Å². The van der Waals surface area contributed by atoms with Crippen LogP contribution in [0.15, 0.2) is 81.7 Å². The van der Waals surface area contributed by atoms with E-state index in [4.69, 9.17) is 26.3 Å². The molecule has 2 aliphatic rings. The van der Waals surface area contributed by atoms with Crippen molar-refractivity contribution in [3.8, 4) is 22.8 Å². The van der Waals surface area contributed by atoms with E-state index >= 15 is 0 Å². The Kier molecular flexibility index (Phi) is 9.88. The van der Waals surface area contributed by atoms with Crippen molar-refractivity contribution in [2.24, 2.45) is 0 Å². The van der Waals surface area contributed by atoms with Gasteiger partial charge < -0.3 is 10.1 Å². The molecule has 3 aromatic carbocycles. The molecule has 1 N–H and O–H groups in total. The van der Waals surface area contributed by atoms with Crippen molar-refractivity contribution in [2.45, 2.75) is 44.9 Å². The number of benzene rings is 3. The second-order valence-electron chi connectivity index (χ2n) is 10.9. The number of ether oxygens (including phenoxy) is 1. The van der Waals surface area contributed by atoms with E-state index in [0.717, 1.165) is 104 Å². The minimum Gasteiger partial charge on any atom is -0.469 e. The van der Waals surface area contributed by atoms with E-state index in [1.165, 1.54) is 12.7 Å². The maximum absolute atomic E-state index is 11.4. The molecule has 2 aliphatic carbocycles. The van der Waals surface area contributed by atoms with Crippen LogP contribution in [-0.4, -0.2) is 33.0 Å². The van der Waals surface area contributed by atoms with E-state index in [1.54, 1.807) is 0 Å². The smallest absolute Gasteiger partial charge is 0.309 e. The third-order valence-electron chi connectivity index (χ3n) is 7.81. The Morgan fingerprint density at radius 1 is 0.733 bits per heavy atom. The molecule has 0 spiro atoms. The summed E-state index contributed by atoms with van der Waals surface area (Å²) in [6.45, 7) is 0. The molecule has 0 fully saturated rings. The number of carbonyl (C=O) groups is 1. The zero-order chi connectivity index (χ0) is 31.3. The fraction of sp³-hybridized carbons (Fsp3) is 0.229. The van der Waals surface area contributed by atoms with Gasteiger partial charge in [0.1, 0.15) is 11.0 Å². The van der Waals surface area contributed by atoms with Gasteiger partial charge in [0.2, 0.25) is 0 Å². The summed E-state index contributed by atoms with van der Waals surface area (Å²) < 4.78 is 6.80. The summed E-state index contributed by atoms with van der Waals surface area (Å²) in [5.74, 6) is 2.08. The van der Waals surface area contributed by atoms with Crippen molar-refractivity contribution < 1.29 is 9.53 Å². The monoisotopic (exact) mass is 745 g/mol. The lowest BCUT2D eigenvalue weighted by atomic mass is 10.1. The molecule has 0 atom stereocenters. The van der Waals surface area contributed by atoms with Crippen molar-refractivity contribution in [2.75, 3.05) is 12.4 Å². The van der Waals surface area contributed by atoms with Crippen molar-refractivity contribution in [1.82, 2.24) is 19.9 Å². The second-order valence-corrected chi connectivity index (χ2v) is 13.1. The lowest BCUT2D eigenvalue weighted by Gasteiger charge is -2.13. The van der Waals surface area contributed by atoms with Gasteiger partial charge in [0.15, 0.2) is 11.6 Å². The first-order chi connectivity index (χ1) is 21.9. The number of nitrogens with zero attached hydrogens (tertiary/aromatic N) is 4. The molecule has 0 aliphatic heterocycles. The number of aromatic nitrogens is 4. The molecule has 45 heavy (non-hydrogen) atoms. The van der Waals surface area contributed by atoms with E-state index in [1.807, 2.05) is 72.8 Å². The summed E-state index contributed by atoms with van der Waals surface area (Å²) in [6.07, 6.45) is 6.49. The van der Waals surface area contributed by atoms with E-state index in [9.17, 15) is 4.79 Å². The van der Waals surface area contributed by atoms with Gasteiger partial charge in [-0.3, -0.25) is 4.79 Å². The first kappa shape index (κ1) is 31.3. The molecule has 228 valence electrons. The normalized spacial score (nSPS) is 13.0. The van der Waals surface area contributed by atoms with E-state index in [-0.39, 0.29) is 12.4 Å². The lowest BCUT2D eigenvalue weighted by molar-refractivity contribution is -0.139. The number of carbonyl (C=O) groups excluding carboxylic acids is 1. The predicted molar refractivity (Wildman–Crippen MR) is 185 cm³/mol. The van der Waals surface area contributed by atoms with Crippen LogP contribution in [0.4, 0.5) is 11.5 Å². The summed E-state index contributed by atoms with van der Waals surface area (Å²) in [7, 11) is 1.40. The van der Waals surface area contributed by atoms with Crippen LogP contribution in [-0.2, 0) is 41.6 Å². The Hall–Kier alpha value is -3.66. The molecule has 0 unspecified atom stereocenters. The molecule has 0 saturated heterocycles. The van der Waals surface area contributed by atoms with Crippen LogP contribution in [0.3, 0.4) is 0 Å². The van der Waals surface area contributed by atoms with Crippen LogP contribution in [0.2, 0.25) is 5.15 Å². The highest BCUT2D eigenvalue weighted by molar-refractivity contribution is 9.10. The third-order valence-corrected chi connectivity index (χ3v) is 9.18. The van der Waals surface area contributed by atoms with Gasteiger partial charge >= 0.3 is 5.97 Å². The molecule has 0 bridgehead atoms. The number of rotatable bonds is 6. The average molecular weight is 748 g/mol. The highest BCUT2D eigenvalue weighted by Crippen LogP contribution is 2.32. The van der Waals surface area contributed by atoms with E-state index in [0.29, 0.717) is 5.15 Å². The maximum Gasteiger partial charge on any atom is 0.309 e. The Morgan fingerprint density at radius 2 is 1.27 bits per heavy atom. The van der Waals surface area contributed by atoms with Crippen molar-refractivity contribution in [3.63, 3.8) is 0 Å². The zero-order valence-electron chi connectivity index (χ0n) is 24.6. The Labute approximate surface area is 284 Å². The summed E-state index contributed by atoms with van der Waals surface area (Å²) in [4.78, 5) is 30.0. The van der Waals surface area contributed by atoms with Crippen LogP contribution in [0.5, 0.6) is 0 Å². The highest BCUT2D eigenvalue weighted by atomic mass is 79.9.